The first-order valence-corrected chi connectivity index (χ1v) is 8.02. The molecular weight excluding hydrogens is 238 g/mol. The maximum absolute atomic E-state index is 12.6. The van der Waals surface area contributed by atoms with E-state index < -0.39 is 0 Å². The van der Waals surface area contributed by atoms with Crippen molar-refractivity contribution >= 4 is 5.91 Å². The number of fused-ring (bicyclic) bond motifs is 1. The van der Waals surface area contributed by atoms with Crippen molar-refractivity contribution in [1.29, 1.82) is 0 Å². The van der Waals surface area contributed by atoms with Gasteiger partial charge in [0.2, 0.25) is 5.91 Å². The third-order valence-electron chi connectivity index (χ3n) is 5.34. The number of piperazine rings is 1. The molecule has 1 N–H and O–H groups in total. The third kappa shape index (κ3) is 2.65. The highest BCUT2D eigenvalue weighted by molar-refractivity contribution is 5.81. The van der Waals surface area contributed by atoms with E-state index in [1.54, 1.807) is 0 Å². The summed E-state index contributed by atoms with van der Waals surface area (Å²) in [5, 5.41) is 3.32. The van der Waals surface area contributed by atoms with Crippen LogP contribution in [0.5, 0.6) is 0 Å². The molecule has 19 heavy (non-hydrogen) atoms. The van der Waals surface area contributed by atoms with E-state index in [0.717, 1.165) is 38.6 Å². The monoisotopic (exact) mass is 265 g/mol. The lowest BCUT2D eigenvalue weighted by Crippen LogP contribution is -2.54. The highest BCUT2D eigenvalue weighted by Crippen LogP contribution is 2.37. The van der Waals surface area contributed by atoms with Crippen molar-refractivity contribution < 1.29 is 4.79 Å². The van der Waals surface area contributed by atoms with E-state index in [1.807, 2.05) is 0 Å². The summed E-state index contributed by atoms with van der Waals surface area (Å²) in [5.41, 5.74) is 0. The summed E-state index contributed by atoms with van der Waals surface area (Å²) in [5.74, 6) is 1.22. The van der Waals surface area contributed by atoms with Crippen LogP contribution in [0, 0.1) is 5.92 Å². The van der Waals surface area contributed by atoms with Crippen LogP contribution in [0.4, 0.5) is 0 Å². The minimum Gasteiger partial charge on any atom is -0.339 e. The molecule has 3 atom stereocenters. The Kier molecular flexibility index (Phi) is 4.08. The van der Waals surface area contributed by atoms with Crippen molar-refractivity contribution in [1.82, 2.24) is 15.1 Å². The summed E-state index contributed by atoms with van der Waals surface area (Å²) in [7, 11) is 0. The lowest BCUT2D eigenvalue weighted by molar-refractivity contribution is -0.137. The van der Waals surface area contributed by atoms with Crippen LogP contribution in [0.2, 0.25) is 0 Å². The van der Waals surface area contributed by atoms with E-state index in [1.165, 1.54) is 32.1 Å². The molecule has 0 aromatic heterocycles. The Balaban J connectivity index is 1.62. The van der Waals surface area contributed by atoms with Gasteiger partial charge in [-0.1, -0.05) is 12.8 Å². The summed E-state index contributed by atoms with van der Waals surface area (Å²) >= 11 is 0. The second-order valence-electron chi connectivity index (χ2n) is 6.39. The lowest BCUT2D eigenvalue weighted by atomic mass is 9.85. The van der Waals surface area contributed by atoms with Crippen LogP contribution >= 0.6 is 0 Å². The van der Waals surface area contributed by atoms with Crippen LogP contribution in [0.3, 0.4) is 0 Å². The Labute approximate surface area is 116 Å². The van der Waals surface area contributed by atoms with Crippen LogP contribution in [-0.2, 0) is 4.79 Å². The fourth-order valence-corrected chi connectivity index (χ4v) is 4.21. The van der Waals surface area contributed by atoms with Crippen molar-refractivity contribution in [2.45, 2.75) is 51.1 Å². The molecule has 3 fully saturated rings. The predicted octanol–water partition coefficient (Wildman–Crippen LogP) is 1.07. The van der Waals surface area contributed by atoms with Crippen molar-refractivity contribution in [3.05, 3.63) is 0 Å². The topological polar surface area (TPSA) is 35.6 Å². The molecule has 1 amide bonds. The summed E-state index contributed by atoms with van der Waals surface area (Å²) in [6.45, 7) is 6.92. The van der Waals surface area contributed by atoms with E-state index in [-0.39, 0.29) is 6.04 Å². The number of carbonyl (C=O) groups is 1. The van der Waals surface area contributed by atoms with Crippen molar-refractivity contribution in [2.75, 3.05) is 32.7 Å². The summed E-state index contributed by atoms with van der Waals surface area (Å²) in [4.78, 5) is 17.2. The number of carbonyl (C=O) groups excluding carboxylic acids is 1. The first kappa shape index (κ1) is 13.4. The van der Waals surface area contributed by atoms with E-state index in [0.29, 0.717) is 11.9 Å². The standard InChI is InChI=1S/C15H27N3O/c1-12(15(19)17-10-7-16-8-11-17)18-9-6-13-4-2-3-5-14(13)18/h12-14,16H,2-11H2,1H3. The minimum atomic E-state index is 0.0891. The Morgan fingerprint density at radius 1 is 1.11 bits per heavy atom. The number of nitrogens with one attached hydrogen (secondary N) is 1. The number of rotatable bonds is 2. The van der Waals surface area contributed by atoms with Gasteiger partial charge in [0.1, 0.15) is 0 Å². The van der Waals surface area contributed by atoms with Crippen LogP contribution in [-0.4, -0.2) is 60.5 Å². The number of nitrogens with zero attached hydrogens (tertiary/aromatic N) is 2. The fourth-order valence-electron chi connectivity index (χ4n) is 4.21. The molecule has 2 saturated heterocycles. The van der Waals surface area contributed by atoms with Gasteiger partial charge in [0, 0.05) is 32.2 Å². The first-order chi connectivity index (χ1) is 9.27. The van der Waals surface area contributed by atoms with Gasteiger partial charge in [-0.3, -0.25) is 9.69 Å². The Morgan fingerprint density at radius 2 is 1.84 bits per heavy atom. The molecular formula is C15H27N3O. The summed E-state index contributed by atoms with van der Waals surface area (Å²) in [6.07, 6.45) is 6.75. The van der Waals surface area contributed by atoms with Gasteiger partial charge in [0.25, 0.3) is 0 Å². The molecule has 0 radical (unpaired) electrons. The largest absolute Gasteiger partial charge is 0.339 e. The van der Waals surface area contributed by atoms with Crippen LogP contribution in [0.1, 0.15) is 39.0 Å². The first-order valence-electron chi connectivity index (χ1n) is 8.02. The molecule has 0 aromatic carbocycles. The van der Waals surface area contributed by atoms with Crippen LogP contribution in [0.25, 0.3) is 0 Å². The van der Waals surface area contributed by atoms with Crippen LogP contribution < -0.4 is 5.32 Å². The van der Waals surface area contributed by atoms with Gasteiger partial charge < -0.3 is 10.2 Å². The molecule has 0 aromatic rings. The molecule has 2 aliphatic heterocycles. The summed E-state index contributed by atoms with van der Waals surface area (Å²) < 4.78 is 0. The highest BCUT2D eigenvalue weighted by atomic mass is 16.2. The molecule has 0 spiro atoms. The average Bonchev–Trinajstić information content (AvgIpc) is 2.90. The SMILES string of the molecule is CC(C(=O)N1CCNCC1)N1CCC2CCCCC21. The number of hydrogen-bond donors (Lipinski definition) is 1. The van der Waals surface area contributed by atoms with E-state index in [2.05, 4.69) is 22.0 Å². The maximum Gasteiger partial charge on any atom is 0.239 e. The zero-order chi connectivity index (χ0) is 13.2. The van der Waals surface area contributed by atoms with Gasteiger partial charge in [-0.2, -0.15) is 0 Å². The molecule has 4 heteroatoms. The molecule has 108 valence electrons. The second-order valence-corrected chi connectivity index (χ2v) is 6.39. The molecule has 3 aliphatic rings. The van der Waals surface area contributed by atoms with Gasteiger partial charge in [-0.15, -0.1) is 0 Å². The molecule has 1 aliphatic carbocycles. The van der Waals surface area contributed by atoms with Gasteiger partial charge in [-0.05, 0) is 38.6 Å². The van der Waals surface area contributed by atoms with Crippen molar-refractivity contribution in [3.63, 3.8) is 0 Å². The number of amides is 1. The highest BCUT2D eigenvalue weighted by Gasteiger charge is 2.40. The lowest BCUT2D eigenvalue weighted by Gasteiger charge is -2.38. The number of hydrogen-bond acceptors (Lipinski definition) is 3. The maximum atomic E-state index is 12.6. The van der Waals surface area contributed by atoms with Gasteiger partial charge in [0.15, 0.2) is 0 Å². The van der Waals surface area contributed by atoms with E-state index >= 15 is 0 Å². The second kappa shape index (κ2) is 5.80. The molecule has 1 saturated carbocycles. The van der Waals surface area contributed by atoms with Crippen molar-refractivity contribution in [2.24, 2.45) is 5.92 Å². The number of likely N-dealkylation sites (tertiary alicyclic amines) is 1. The predicted molar refractivity (Wildman–Crippen MR) is 76.0 cm³/mol. The zero-order valence-corrected chi connectivity index (χ0v) is 12.1. The third-order valence-corrected chi connectivity index (χ3v) is 5.34. The quantitative estimate of drug-likeness (QED) is 0.811. The molecule has 3 rings (SSSR count). The van der Waals surface area contributed by atoms with Crippen LogP contribution in [0.15, 0.2) is 0 Å². The van der Waals surface area contributed by atoms with Gasteiger partial charge in [0.05, 0.1) is 6.04 Å². The van der Waals surface area contributed by atoms with Gasteiger partial charge in [-0.25, -0.2) is 0 Å². The van der Waals surface area contributed by atoms with Gasteiger partial charge >= 0.3 is 0 Å². The summed E-state index contributed by atoms with van der Waals surface area (Å²) in [6, 6.07) is 0.779. The Bertz CT molecular complexity index is 327. The molecule has 3 unspecified atom stereocenters. The zero-order valence-electron chi connectivity index (χ0n) is 12.1. The normalized spacial score (nSPS) is 34.1. The van der Waals surface area contributed by atoms with E-state index in [4.69, 9.17) is 0 Å². The smallest absolute Gasteiger partial charge is 0.239 e. The fraction of sp³-hybridized carbons (Fsp3) is 0.933. The molecule has 0 bridgehead atoms. The van der Waals surface area contributed by atoms with E-state index in [9.17, 15) is 4.79 Å². The molecule has 2 heterocycles. The van der Waals surface area contributed by atoms with Crippen molar-refractivity contribution in [3.8, 4) is 0 Å². The minimum absolute atomic E-state index is 0.0891. The Morgan fingerprint density at radius 3 is 2.63 bits per heavy atom. The average molecular weight is 265 g/mol. The molecule has 4 nitrogen and oxygen atoms in total. The Hall–Kier alpha value is -0.610.